The van der Waals surface area contributed by atoms with Gasteiger partial charge in [0.05, 0.1) is 17.8 Å². The molecule has 154 valence electrons. The summed E-state index contributed by atoms with van der Waals surface area (Å²) in [5, 5.41) is 7.74. The zero-order chi connectivity index (χ0) is 20.8. The van der Waals surface area contributed by atoms with Crippen molar-refractivity contribution in [3.8, 4) is 22.5 Å². The van der Waals surface area contributed by atoms with Crippen molar-refractivity contribution in [2.24, 2.45) is 4.99 Å². The maximum atomic E-state index is 5.01. The fraction of sp³-hybridized carbons (Fsp3) is 0.240. The van der Waals surface area contributed by atoms with Gasteiger partial charge in [0, 0.05) is 54.8 Å². The van der Waals surface area contributed by atoms with E-state index in [1.807, 2.05) is 6.21 Å². The van der Waals surface area contributed by atoms with E-state index in [4.69, 9.17) is 4.98 Å². The van der Waals surface area contributed by atoms with E-state index >= 15 is 0 Å². The summed E-state index contributed by atoms with van der Waals surface area (Å²) in [7, 11) is 2.18. The van der Waals surface area contributed by atoms with Crippen molar-refractivity contribution in [2.45, 2.75) is 6.54 Å². The summed E-state index contributed by atoms with van der Waals surface area (Å²) in [6.45, 7) is 5.09. The number of rotatable bonds is 3. The number of nitrogens with zero attached hydrogens (tertiary/aromatic N) is 5. The predicted molar refractivity (Wildman–Crippen MR) is 126 cm³/mol. The number of hydrogen-bond acceptors (Lipinski definition) is 5. The van der Waals surface area contributed by atoms with E-state index in [1.54, 1.807) is 0 Å². The first-order valence-corrected chi connectivity index (χ1v) is 10.8. The zero-order valence-corrected chi connectivity index (χ0v) is 17.5. The third-order valence-corrected chi connectivity index (χ3v) is 6.37. The molecule has 0 saturated carbocycles. The van der Waals surface area contributed by atoms with Crippen LogP contribution in [0.3, 0.4) is 0 Å². The van der Waals surface area contributed by atoms with Crippen LogP contribution in [0.15, 0.2) is 59.6 Å². The Morgan fingerprint density at radius 3 is 2.58 bits per heavy atom. The fourth-order valence-electron chi connectivity index (χ4n) is 4.51. The Hall–Kier alpha value is -3.51. The molecule has 31 heavy (non-hydrogen) atoms. The van der Waals surface area contributed by atoms with E-state index in [0.717, 1.165) is 66.3 Å². The Bertz CT molecular complexity index is 1280. The van der Waals surface area contributed by atoms with Crippen LogP contribution in [0, 0.1) is 0 Å². The van der Waals surface area contributed by atoms with Crippen molar-refractivity contribution >= 4 is 22.9 Å². The van der Waals surface area contributed by atoms with Crippen LogP contribution in [0.1, 0.15) is 11.1 Å². The van der Waals surface area contributed by atoms with Gasteiger partial charge < -0.3 is 9.80 Å². The number of aromatic nitrogens is 3. The molecule has 2 aliphatic heterocycles. The molecule has 1 N–H and O–H groups in total. The molecule has 1 saturated heterocycles. The molecule has 0 radical (unpaired) electrons. The van der Waals surface area contributed by atoms with Gasteiger partial charge in [0.15, 0.2) is 0 Å². The van der Waals surface area contributed by atoms with Gasteiger partial charge in [-0.1, -0.05) is 30.3 Å². The summed E-state index contributed by atoms with van der Waals surface area (Å²) in [4.78, 5) is 14.3. The molecule has 0 unspecified atom stereocenters. The highest BCUT2D eigenvalue weighted by atomic mass is 15.2. The van der Waals surface area contributed by atoms with Crippen molar-refractivity contribution in [1.29, 1.82) is 0 Å². The first-order chi connectivity index (χ1) is 15.3. The van der Waals surface area contributed by atoms with Crippen LogP contribution in [-0.4, -0.2) is 59.5 Å². The third-order valence-electron chi connectivity index (χ3n) is 6.37. The van der Waals surface area contributed by atoms with Gasteiger partial charge in [-0.15, -0.1) is 0 Å². The summed E-state index contributed by atoms with van der Waals surface area (Å²) in [5.41, 5.74) is 9.59. The van der Waals surface area contributed by atoms with Crippen LogP contribution in [-0.2, 0) is 6.54 Å². The molecule has 2 aromatic carbocycles. The van der Waals surface area contributed by atoms with Gasteiger partial charge >= 0.3 is 0 Å². The molecule has 6 rings (SSSR count). The number of H-pyrrole nitrogens is 1. The largest absolute Gasteiger partial charge is 0.369 e. The van der Waals surface area contributed by atoms with E-state index in [9.17, 15) is 0 Å². The SMILES string of the molecule is CN1CCN(c2ccc(-c3n[nH]c4ccc(-c5cccc6c5C=NC6)nc34)cc2)CC1. The summed E-state index contributed by atoms with van der Waals surface area (Å²) in [6.07, 6.45) is 1.96. The van der Waals surface area contributed by atoms with Crippen LogP contribution in [0.2, 0.25) is 0 Å². The molecule has 4 heterocycles. The lowest BCUT2D eigenvalue weighted by molar-refractivity contribution is 0.313. The smallest absolute Gasteiger partial charge is 0.118 e. The molecule has 0 atom stereocenters. The van der Waals surface area contributed by atoms with Crippen LogP contribution in [0.25, 0.3) is 33.5 Å². The first-order valence-electron chi connectivity index (χ1n) is 10.8. The summed E-state index contributed by atoms with van der Waals surface area (Å²) in [6, 6.07) is 19.2. The highest BCUT2D eigenvalue weighted by molar-refractivity contribution is 5.96. The second-order valence-electron chi connectivity index (χ2n) is 8.35. The number of likely N-dealkylation sites (N-methyl/N-ethyl adjacent to an activating group) is 1. The van der Waals surface area contributed by atoms with Gasteiger partial charge in [-0.2, -0.15) is 5.10 Å². The van der Waals surface area contributed by atoms with Gasteiger partial charge in [-0.25, -0.2) is 4.98 Å². The number of hydrogen-bond donors (Lipinski definition) is 1. The van der Waals surface area contributed by atoms with Crippen LogP contribution in [0.5, 0.6) is 0 Å². The zero-order valence-electron chi connectivity index (χ0n) is 17.5. The second-order valence-corrected chi connectivity index (χ2v) is 8.35. The van der Waals surface area contributed by atoms with Crippen molar-refractivity contribution in [1.82, 2.24) is 20.1 Å². The highest BCUT2D eigenvalue weighted by Gasteiger charge is 2.17. The van der Waals surface area contributed by atoms with Crippen LogP contribution in [0.4, 0.5) is 5.69 Å². The molecule has 0 bridgehead atoms. The number of fused-ring (bicyclic) bond motifs is 2. The lowest BCUT2D eigenvalue weighted by atomic mass is 10.0. The Labute approximate surface area is 181 Å². The molecular formula is C25H24N6. The summed E-state index contributed by atoms with van der Waals surface area (Å²) in [5.74, 6) is 0. The van der Waals surface area contributed by atoms with E-state index in [-0.39, 0.29) is 0 Å². The van der Waals surface area contributed by atoms with E-state index in [1.165, 1.54) is 16.8 Å². The highest BCUT2D eigenvalue weighted by Crippen LogP contribution is 2.31. The molecule has 0 amide bonds. The molecule has 0 spiro atoms. The molecule has 2 aliphatic rings. The molecule has 4 aromatic rings. The van der Waals surface area contributed by atoms with Crippen LogP contribution < -0.4 is 4.90 Å². The van der Waals surface area contributed by atoms with Crippen molar-refractivity contribution in [3.05, 3.63) is 65.7 Å². The number of aromatic amines is 1. The number of pyridine rings is 1. The molecule has 6 heteroatoms. The van der Waals surface area contributed by atoms with Gasteiger partial charge in [-0.05, 0) is 36.9 Å². The quantitative estimate of drug-likeness (QED) is 0.557. The lowest BCUT2D eigenvalue weighted by Gasteiger charge is -2.34. The van der Waals surface area contributed by atoms with E-state index in [0.29, 0.717) is 0 Å². The van der Waals surface area contributed by atoms with Crippen molar-refractivity contribution in [3.63, 3.8) is 0 Å². The van der Waals surface area contributed by atoms with Gasteiger partial charge in [0.25, 0.3) is 0 Å². The third kappa shape index (κ3) is 3.20. The normalized spacial score (nSPS) is 16.2. The molecule has 6 nitrogen and oxygen atoms in total. The number of piperazine rings is 1. The summed E-state index contributed by atoms with van der Waals surface area (Å²) >= 11 is 0. The number of nitrogens with one attached hydrogen (secondary N) is 1. The standard InChI is InChI=1S/C25H24N6/c1-30-11-13-31(14-12-30)19-7-5-17(6-8-19)24-25-23(28-29-24)10-9-22(27-25)20-4-2-3-18-15-26-16-21(18)20/h2-10,16H,11-15H2,1H3,(H,28,29). The van der Waals surface area contributed by atoms with Crippen LogP contribution >= 0.6 is 0 Å². The second kappa shape index (κ2) is 7.32. The molecular weight excluding hydrogens is 384 g/mol. The molecule has 0 aliphatic carbocycles. The minimum Gasteiger partial charge on any atom is -0.369 e. The molecule has 2 aromatic heterocycles. The predicted octanol–water partition coefficient (Wildman–Crippen LogP) is 3.98. The van der Waals surface area contributed by atoms with E-state index < -0.39 is 0 Å². The van der Waals surface area contributed by atoms with Crippen molar-refractivity contribution < 1.29 is 0 Å². The number of aliphatic imine (C=N–C) groups is 1. The van der Waals surface area contributed by atoms with Gasteiger partial charge in [0.1, 0.15) is 11.2 Å². The Balaban J connectivity index is 1.36. The van der Waals surface area contributed by atoms with Gasteiger partial charge in [-0.3, -0.25) is 10.1 Å². The maximum absolute atomic E-state index is 5.01. The Morgan fingerprint density at radius 1 is 0.903 bits per heavy atom. The topological polar surface area (TPSA) is 60.4 Å². The lowest BCUT2D eigenvalue weighted by Crippen LogP contribution is -2.44. The first kappa shape index (κ1) is 18.3. The number of anilines is 1. The minimum absolute atomic E-state index is 0.752. The Kier molecular flexibility index (Phi) is 4.32. The van der Waals surface area contributed by atoms with Gasteiger partial charge in [0.2, 0.25) is 0 Å². The van der Waals surface area contributed by atoms with E-state index in [2.05, 4.69) is 86.6 Å². The monoisotopic (exact) mass is 408 g/mol. The van der Waals surface area contributed by atoms with Crippen molar-refractivity contribution in [2.75, 3.05) is 38.1 Å². The minimum atomic E-state index is 0.752. The Morgan fingerprint density at radius 2 is 1.74 bits per heavy atom. The fourth-order valence-corrected chi connectivity index (χ4v) is 4.51. The average molecular weight is 409 g/mol. The molecule has 1 fully saturated rings. The maximum Gasteiger partial charge on any atom is 0.118 e. The average Bonchev–Trinajstić information content (AvgIpc) is 3.46. The number of benzene rings is 2. The summed E-state index contributed by atoms with van der Waals surface area (Å²) < 4.78 is 0.